The Labute approximate surface area is 178 Å². The van der Waals surface area contributed by atoms with Gasteiger partial charge in [-0.3, -0.25) is 9.78 Å². The average Bonchev–Trinajstić information content (AvgIpc) is 3.38. The predicted octanol–water partition coefficient (Wildman–Crippen LogP) is 1.80. The minimum absolute atomic E-state index is 0.194. The summed E-state index contributed by atoms with van der Waals surface area (Å²) >= 11 is 0. The van der Waals surface area contributed by atoms with Crippen LogP contribution in [-0.4, -0.2) is 49.4 Å². The maximum absolute atomic E-state index is 12.8. The third kappa shape index (κ3) is 4.50. The molecule has 158 valence electrons. The highest BCUT2D eigenvalue weighted by atomic mass is 16.5. The molecule has 0 fully saturated rings. The molecule has 0 bridgehead atoms. The van der Waals surface area contributed by atoms with E-state index < -0.39 is 6.04 Å². The molecule has 0 N–H and O–H groups in total. The maximum atomic E-state index is 12.8. The van der Waals surface area contributed by atoms with E-state index in [1.165, 1.54) is 4.90 Å². The number of nitrogens with zero attached hydrogens (tertiary/aromatic N) is 5. The molecule has 2 aromatic heterocycles. The van der Waals surface area contributed by atoms with E-state index in [-0.39, 0.29) is 25.5 Å². The highest BCUT2D eigenvalue weighted by Crippen LogP contribution is 2.32. The van der Waals surface area contributed by atoms with Crippen molar-refractivity contribution in [1.29, 1.82) is 0 Å². The van der Waals surface area contributed by atoms with Crippen LogP contribution in [0.1, 0.15) is 40.0 Å². The Bertz CT molecular complexity index is 1080. The molecule has 0 saturated heterocycles. The summed E-state index contributed by atoms with van der Waals surface area (Å²) in [6, 6.07) is 8.45. The van der Waals surface area contributed by atoms with Gasteiger partial charge in [0, 0.05) is 29.9 Å². The largest absolute Gasteiger partial charge is 0.487 e. The molecule has 1 atom stereocenters. The summed E-state index contributed by atoms with van der Waals surface area (Å²) in [6.07, 6.45) is 7.29. The zero-order chi connectivity index (χ0) is 21.6. The van der Waals surface area contributed by atoms with Crippen molar-refractivity contribution in [3.8, 4) is 5.75 Å². The van der Waals surface area contributed by atoms with E-state index in [2.05, 4.69) is 15.3 Å². The van der Waals surface area contributed by atoms with Crippen LogP contribution in [-0.2, 0) is 29.3 Å². The van der Waals surface area contributed by atoms with Crippen LogP contribution >= 0.6 is 0 Å². The molecule has 1 aromatic carbocycles. The van der Waals surface area contributed by atoms with E-state index in [4.69, 9.17) is 4.74 Å². The lowest BCUT2D eigenvalue weighted by Gasteiger charge is -2.22. The molecule has 1 amide bonds. The van der Waals surface area contributed by atoms with Gasteiger partial charge in [-0.05, 0) is 30.2 Å². The van der Waals surface area contributed by atoms with Crippen LogP contribution in [0.4, 0.5) is 0 Å². The molecule has 1 aliphatic heterocycles. The van der Waals surface area contributed by atoms with E-state index >= 15 is 0 Å². The van der Waals surface area contributed by atoms with Gasteiger partial charge in [0.15, 0.2) is 0 Å². The highest BCUT2D eigenvalue weighted by molar-refractivity contribution is 6.00. The Balaban J connectivity index is 1.43. The number of amides is 1. The van der Waals surface area contributed by atoms with E-state index in [1.807, 2.05) is 12.1 Å². The maximum Gasteiger partial charge on any atom is 0.255 e. The van der Waals surface area contributed by atoms with Crippen LogP contribution < -0.4 is 4.74 Å². The van der Waals surface area contributed by atoms with Crippen LogP contribution in [0, 0.1) is 0 Å². The monoisotopic (exact) mass is 419 g/mol. The fourth-order valence-electron chi connectivity index (χ4n) is 3.58. The lowest BCUT2D eigenvalue weighted by Crippen LogP contribution is -2.36. The first-order valence-corrected chi connectivity index (χ1v) is 9.92. The highest BCUT2D eigenvalue weighted by Gasteiger charge is 2.34. The molecule has 31 heavy (non-hydrogen) atoms. The number of aromatic nitrogens is 4. The molecule has 0 aliphatic carbocycles. The van der Waals surface area contributed by atoms with Gasteiger partial charge in [-0.25, -0.2) is 4.68 Å². The Hall–Kier alpha value is -3.88. The van der Waals surface area contributed by atoms with Gasteiger partial charge in [0.2, 0.25) is 0 Å². The third-order valence-electron chi connectivity index (χ3n) is 5.12. The lowest BCUT2D eigenvalue weighted by atomic mass is 10.1. The van der Waals surface area contributed by atoms with Crippen molar-refractivity contribution in [1.82, 2.24) is 24.9 Å². The Kier molecular flexibility index (Phi) is 6.11. The van der Waals surface area contributed by atoms with Crippen molar-refractivity contribution in [2.75, 3.05) is 0 Å². The first kappa shape index (κ1) is 20.4. The molecule has 0 saturated carbocycles. The molecule has 3 heterocycles. The standard InChI is InChI=1S/C22H21N5O4/c28-9-3-5-18(14-29)27-13-20-19(22(27)30)6-1-7-21(20)31-15-17-12-26(25-24-17)11-16-4-2-8-23-10-16/h1-2,4,6-10,12,14,18H,3,5,11,13,15H2. The molecule has 0 spiro atoms. The molecule has 4 rings (SSSR count). The number of benzene rings is 1. The molecule has 3 aromatic rings. The van der Waals surface area contributed by atoms with Crippen molar-refractivity contribution >= 4 is 18.5 Å². The number of rotatable bonds is 10. The molecule has 1 aliphatic rings. The van der Waals surface area contributed by atoms with Crippen molar-refractivity contribution in [2.24, 2.45) is 0 Å². The smallest absolute Gasteiger partial charge is 0.255 e. The first-order chi connectivity index (χ1) is 15.2. The summed E-state index contributed by atoms with van der Waals surface area (Å²) < 4.78 is 7.64. The summed E-state index contributed by atoms with van der Waals surface area (Å²) in [5.41, 5.74) is 2.90. The number of pyridine rings is 1. The van der Waals surface area contributed by atoms with Gasteiger partial charge < -0.3 is 19.2 Å². The summed E-state index contributed by atoms with van der Waals surface area (Å²) in [7, 11) is 0. The topological polar surface area (TPSA) is 107 Å². The Morgan fingerprint density at radius 3 is 2.87 bits per heavy atom. The van der Waals surface area contributed by atoms with E-state index in [0.717, 1.165) is 17.4 Å². The van der Waals surface area contributed by atoms with Gasteiger partial charge in [0.05, 0.1) is 25.3 Å². The second-order valence-corrected chi connectivity index (χ2v) is 7.22. The van der Waals surface area contributed by atoms with E-state index in [0.29, 0.717) is 36.3 Å². The normalized spacial score (nSPS) is 13.7. The van der Waals surface area contributed by atoms with Crippen LogP contribution in [0.2, 0.25) is 0 Å². The molecular weight excluding hydrogens is 398 g/mol. The third-order valence-corrected chi connectivity index (χ3v) is 5.12. The predicted molar refractivity (Wildman–Crippen MR) is 109 cm³/mol. The number of ether oxygens (including phenoxy) is 1. The zero-order valence-corrected chi connectivity index (χ0v) is 16.8. The molecule has 9 nitrogen and oxygen atoms in total. The number of fused-ring (bicyclic) bond motifs is 1. The molecular formula is C22H21N5O4. The Morgan fingerprint density at radius 2 is 2.10 bits per heavy atom. The van der Waals surface area contributed by atoms with Gasteiger partial charge in [0.1, 0.15) is 30.6 Å². The van der Waals surface area contributed by atoms with Crippen LogP contribution in [0.3, 0.4) is 0 Å². The quantitative estimate of drug-likeness (QED) is 0.461. The van der Waals surface area contributed by atoms with Gasteiger partial charge in [-0.1, -0.05) is 17.3 Å². The van der Waals surface area contributed by atoms with E-state index in [1.54, 1.807) is 41.5 Å². The van der Waals surface area contributed by atoms with Crippen molar-refractivity contribution in [3.05, 3.63) is 71.3 Å². The number of hydrogen-bond acceptors (Lipinski definition) is 7. The fourth-order valence-corrected chi connectivity index (χ4v) is 3.58. The molecule has 1 unspecified atom stereocenters. The second kappa shape index (κ2) is 9.29. The van der Waals surface area contributed by atoms with Gasteiger partial charge >= 0.3 is 0 Å². The molecule has 0 radical (unpaired) electrons. The fraction of sp³-hybridized carbons (Fsp3) is 0.273. The number of aldehydes is 2. The summed E-state index contributed by atoms with van der Waals surface area (Å²) in [5, 5.41) is 8.25. The van der Waals surface area contributed by atoms with Crippen LogP contribution in [0.5, 0.6) is 5.75 Å². The van der Waals surface area contributed by atoms with Crippen molar-refractivity contribution < 1.29 is 19.1 Å². The minimum atomic E-state index is -0.634. The number of carbonyl (C=O) groups excluding carboxylic acids is 3. The summed E-state index contributed by atoms with van der Waals surface area (Å²) in [4.78, 5) is 40.5. The van der Waals surface area contributed by atoms with Crippen LogP contribution in [0.15, 0.2) is 48.9 Å². The van der Waals surface area contributed by atoms with Crippen LogP contribution in [0.25, 0.3) is 0 Å². The van der Waals surface area contributed by atoms with E-state index in [9.17, 15) is 14.4 Å². The minimum Gasteiger partial charge on any atom is -0.487 e. The Morgan fingerprint density at radius 1 is 1.19 bits per heavy atom. The van der Waals surface area contributed by atoms with Gasteiger partial charge in [0.25, 0.3) is 5.91 Å². The first-order valence-electron chi connectivity index (χ1n) is 9.92. The number of carbonyl (C=O) groups is 3. The second-order valence-electron chi connectivity index (χ2n) is 7.22. The molecule has 9 heteroatoms. The van der Waals surface area contributed by atoms with Crippen molar-refractivity contribution in [2.45, 2.75) is 38.6 Å². The van der Waals surface area contributed by atoms with Gasteiger partial charge in [-0.2, -0.15) is 0 Å². The zero-order valence-electron chi connectivity index (χ0n) is 16.8. The summed E-state index contributed by atoms with van der Waals surface area (Å²) in [5.74, 6) is 0.334. The van der Waals surface area contributed by atoms with Gasteiger partial charge in [-0.15, -0.1) is 5.10 Å². The summed E-state index contributed by atoms with van der Waals surface area (Å²) in [6.45, 7) is 1.01. The lowest BCUT2D eigenvalue weighted by molar-refractivity contribution is -0.112. The SMILES string of the molecule is O=CCCC(C=O)N1Cc2c(OCc3cn(Cc4cccnc4)nn3)cccc2C1=O. The number of hydrogen-bond donors (Lipinski definition) is 0. The average molecular weight is 419 g/mol. The van der Waals surface area contributed by atoms with Crippen molar-refractivity contribution in [3.63, 3.8) is 0 Å².